The fraction of sp³-hybridized carbons (Fsp3) is 0.500. The second kappa shape index (κ2) is 6.60. The molecule has 1 N–H and O–H groups in total. The summed E-state index contributed by atoms with van der Waals surface area (Å²) in [6.07, 6.45) is 2.41. The Morgan fingerprint density at radius 1 is 1.47 bits per heavy atom. The third-order valence-corrected chi connectivity index (χ3v) is 4.15. The van der Waals surface area contributed by atoms with E-state index in [-0.39, 0.29) is 5.91 Å². The fourth-order valence-corrected chi connectivity index (χ4v) is 2.77. The van der Waals surface area contributed by atoms with E-state index in [0.717, 1.165) is 19.5 Å². The van der Waals surface area contributed by atoms with Crippen LogP contribution in [0.5, 0.6) is 0 Å². The summed E-state index contributed by atoms with van der Waals surface area (Å²) >= 11 is 12.0. The van der Waals surface area contributed by atoms with Gasteiger partial charge in [0, 0.05) is 6.54 Å². The molecule has 1 aliphatic heterocycles. The molecule has 1 aliphatic rings. The lowest BCUT2D eigenvalue weighted by Gasteiger charge is -2.30. The van der Waals surface area contributed by atoms with E-state index < -0.39 is 0 Å². The van der Waals surface area contributed by atoms with Gasteiger partial charge in [0.2, 0.25) is 5.91 Å². The predicted octanol–water partition coefficient (Wildman–Crippen LogP) is 3.66. The molecule has 0 aliphatic carbocycles. The first-order valence-electron chi connectivity index (χ1n) is 6.52. The van der Waals surface area contributed by atoms with Crippen molar-refractivity contribution in [2.24, 2.45) is 5.92 Å². The summed E-state index contributed by atoms with van der Waals surface area (Å²) < 4.78 is 0. The molecule has 19 heavy (non-hydrogen) atoms. The summed E-state index contributed by atoms with van der Waals surface area (Å²) in [4.78, 5) is 14.2. The Hall–Kier alpha value is -0.770. The van der Waals surface area contributed by atoms with Gasteiger partial charge >= 0.3 is 0 Å². The molecule has 0 bridgehead atoms. The van der Waals surface area contributed by atoms with Crippen molar-refractivity contribution in [2.45, 2.75) is 19.8 Å². The van der Waals surface area contributed by atoms with Crippen molar-refractivity contribution in [1.29, 1.82) is 0 Å². The molecule has 1 aromatic rings. The van der Waals surface area contributed by atoms with Gasteiger partial charge in [0.1, 0.15) is 0 Å². The average molecular weight is 301 g/mol. The molecule has 0 saturated carbocycles. The molecule has 0 aromatic heterocycles. The van der Waals surface area contributed by atoms with Crippen LogP contribution in [0.15, 0.2) is 18.2 Å². The Kier molecular flexibility index (Phi) is 5.08. The molecule has 0 spiro atoms. The number of piperidine rings is 1. The first kappa shape index (κ1) is 14.6. The number of benzene rings is 1. The largest absolute Gasteiger partial charge is 0.324 e. The summed E-state index contributed by atoms with van der Waals surface area (Å²) in [5.41, 5.74) is 0.573. The monoisotopic (exact) mass is 300 g/mol. The van der Waals surface area contributed by atoms with Crippen LogP contribution in [-0.4, -0.2) is 30.4 Å². The van der Waals surface area contributed by atoms with Gasteiger partial charge in [0.25, 0.3) is 0 Å². The van der Waals surface area contributed by atoms with Crippen molar-refractivity contribution in [3.8, 4) is 0 Å². The van der Waals surface area contributed by atoms with Crippen molar-refractivity contribution in [3.63, 3.8) is 0 Å². The Bertz CT molecular complexity index is 465. The van der Waals surface area contributed by atoms with Crippen molar-refractivity contribution >= 4 is 34.8 Å². The normalized spacial score (nSPS) is 20.3. The Labute approximate surface area is 123 Å². The minimum Gasteiger partial charge on any atom is -0.324 e. The van der Waals surface area contributed by atoms with E-state index in [2.05, 4.69) is 17.1 Å². The van der Waals surface area contributed by atoms with Gasteiger partial charge in [0.05, 0.1) is 22.3 Å². The zero-order valence-electron chi connectivity index (χ0n) is 11.0. The molecule has 1 aromatic carbocycles. The van der Waals surface area contributed by atoms with Crippen LogP contribution in [0, 0.1) is 5.92 Å². The molecule has 1 saturated heterocycles. The zero-order chi connectivity index (χ0) is 13.8. The van der Waals surface area contributed by atoms with E-state index in [0.29, 0.717) is 28.2 Å². The first-order valence-corrected chi connectivity index (χ1v) is 7.28. The lowest BCUT2D eigenvalue weighted by Crippen LogP contribution is -2.39. The fourth-order valence-electron chi connectivity index (χ4n) is 2.42. The highest BCUT2D eigenvalue weighted by Crippen LogP contribution is 2.29. The first-order chi connectivity index (χ1) is 9.06. The quantitative estimate of drug-likeness (QED) is 0.924. The van der Waals surface area contributed by atoms with Gasteiger partial charge < -0.3 is 5.32 Å². The number of nitrogens with zero attached hydrogens (tertiary/aromatic N) is 1. The topological polar surface area (TPSA) is 32.3 Å². The molecule has 2 rings (SSSR count). The van der Waals surface area contributed by atoms with Crippen molar-refractivity contribution in [3.05, 3.63) is 28.2 Å². The van der Waals surface area contributed by atoms with Crippen LogP contribution in [-0.2, 0) is 4.79 Å². The molecule has 0 unspecified atom stereocenters. The maximum absolute atomic E-state index is 12.0. The van der Waals surface area contributed by atoms with Crippen molar-refractivity contribution in [2.75, 3.05) is 25.0 Å². The van der Waals surface area contributed by atoms with Gasteiger partial charge in [-0.05, 0) is 37.4 Å². The lowest BCUT2D eigenvalue weighted by molar-refractivity contribution is -0.117. The minimum atomic E-state index is -0.0433. The van der Waals surface area contributed by atoms with Gasteiger partial charge in [-0.25, -0.2) is 0 Å². The van der Waals surface area contributed by atoms with Gasteiger partial charge in [-0.15, -0.1) is 0 Å². The van der Waals surface area contributed by atoms with E-state index >= 15 is 0 Å². The Balaban J connectivity index is 1.92. The smallest absolute Gasteiger partial charge is 0.238 e. The van der Waals surface area contributed by atoms with Gasteiger partial charge in [0.15, 0.2) is 0 Å². The molecular weight excluding hydrogens is 283 g/mol. The molecule has 1 atom stereocenters. The number of anilines is 1. The summed E-state index contributed by atoms with van der Waals surface area (Å²) in [7, 11) is 0. The van der Waals surface area contributed by atoms with Crippen LogP contribution in [0.2, 0.25) is 10.0 Å². The van der Waals surface area contributed by atoms with E-state index in [1.165, 1.54) is 6.42 Å². The summed E-state index contributed by atoms with van der Waals surface area (Å²) in [6, 6.07) is 5.23. The third-order valence-electron chi connectivity index (χ3n) is 3.33. The summed E-state index contributed by atoms with van der Waals surface area (Å²) in [6.45, 7) is 4.60. The molecule has 1 fully saturated rings. The average Bonchev–Trinajstić information content (AvgIpc) is 2.35. The minimum absolute atomic E-state index is 0.0433. The molecule has 104 valence electrons. The lowest BCUT2D eigenvalue weighted by atomic mass is 10.0. The number of nitrogens with one attached hydrogen (secondary N) is 1. The highest BCUT2D eigenvalue weighted by molar-refractivity contribution is 6.43. The number of rotatable bonds is 3. The van der Waals surface area contributed by atoms with Crippen molar-refractivity contribution < 1.29 is 4.79 Å². The van der Waals surface area contributed by atoms with E-state index in [1.54, 1.807) is 18.2 Å². The molecule has 0 radical (unpaired) electrons. The highest BCUT2D eigenvalue weighted by Gasteiger charge is 2.19. The molecule has 1 heterocycles. The Morgan fingerprint density at radius 2 is 2.26 bits per heavy atom. The number of carbonyl (C=O) groups excluding carboxylic acids is 1. The van der Waals surface area contributed by atoms with E-state index in [9.17, 15) is 4.79 Å². The molecule has 3 nitrogen and oxygen atoms in total. The number of carbonyl (C=O) groups is 1. The summed E-state index contributed by atoms with van der Waals surface area (Å²) in [5.74, 6) is 0.620. The maximum atomic E-state index is 12.0. The predicted molar refractivity (Wildman–Crippen MR) is 79.9 cm³/mol. The van der Waals surface area contributed by atoms with Crippen LogP contribution in [0.25, 0.3) is 0 Å². The number of halogens is 2. The van der Waals surface area contributed by atoms with Crippen LogP contribution in [0.3, 0.4) is 0 Å². The highest BCUT2D eigenvalue weighted by atomic mass is 35.5. The van der Waals surface area contributed by atoms with E-state index in [1.807, 2.05) is 0 Å². The van der Waals surface area contributed by atoms with Crippen LogP contribution in [0.4, 0.5) is 5.69 Å². The second-order valence-corrected chi connectivity index (χ2v) is 5.92. The standard InChI is InChI=1S/C14H18Cl2N2O/c1-10-4-3-7-18(8-10)9-13(19)17-12-6-2-5-11(15)14(12)16/h2,5-6,10H,3-4,7-9H2,1H3,(H,17,19)/t10-/m1/s1. The third kappa shape index (κ3) is 4.10. The van der Waals surface area contributed by atoms with Gasteiger partial charge in [-0.3, -0.25) is 9.69 Å². The van der Waals surface area contributed by atoms with Crippen molar-refractivity contribution in [1.82, 2.24) is 4.90 Å². The number of hydrogen-bond donors (Lipinski definition) is 1. The number of hydrogen-bond acceptors (Lipinski definition) is 2. The molecule has 5 heteroatoms. The van der Waals surface area contributed by atoms with Crippen LogP contribution in [0.1, 0.15) is 19.8 Å². The maximum Gasteiger partial charge on any atom is 0.238 e. The molecular formula is C14H18Cl2N2O. The van der Waals surface area contributed by atoms with Crippen LogP contribution >= 0.6 is 23.2 Å². The van der Waals surface area contributed by atoms with E-state index in [4.69, 9.17) is 23.2 Å². The van der Waals surface area contributed by atoms with Gasteiger partial charge in [-0.2, -0.15) is 0 Å². The number of amides is 1. The second-order valence-electron chi connectivity index (χ2n) is 5.13. The Morgan fingerprint density at radius 3 is 3.00 bits per heavy atom. The summed E-state index contributed by atoms with van der Waals surface area (Å²) in [5, 5.41) is 3.66. The SMILES string of the molecule is C[C@@H]1CCCN(CC(=O)Nc2cccc(Cl)c2Cl)C1. The molecule has 1 amide bonds. The van der Waals surface area contributed by atoms with Gasteiger partial charge in [-0.1, -0.05) is 36.2 Å². The number of likely N-dealkylation sites (tertiary alicyclic amines) is 1. The van der Waals surface area contributed by atoms with Crippen LogP contribution < -0.4 is 5.32 Å². The zero-order valence-corrected chi connectivity index (χ0v) is 12.5.